The third-order valence-corrected chi connectivity index (χ3v) is 5.46. The predicted octanol–water partition coefficient (Wildman–Crippen LogP) is 4.26. The second kappa shape index (κ2) is 6.84. The molecule has 0 spiro atoms. The molecule has 3 heteroatoms. The highest BCUT2D eigenvalue weighted by atomic mass is 16.2. The van der Waals surface area contributed by atoms with Gasteiger partial charge in [-0.15, -0.1) is 0 Å². The van der Waals surface area contributed by atoms with Crippen molar-refractivity contribution in [3.8, 4) is 0 Å². The number of likely N-dealkylation sites (tertiary alicyclic amines) is 1. The molecule has 2 aromatic rings. The minimum Gasteiger partial charge on any atom is -0.337 e. The van der Waals surface area contributed by atoms with Gasteiger partial charge in [-0.25, -0.2) is 0 Å². The zero-order valence-electron chi connectivity index (χ0n) is 15.4. The first kappa shape index (κ1) is 16.8. The van der Waals surface area contributed by atoms with Crippen LogP contribution in [0, 0.1) is 20.8 Å². The molecule has 24 heavy (non-hydrogen) atoms. The molecule has 0 radical (unpaired) electrons. The van der Waals surface area contributed by atoms with E-state index in [9.17, 15) is 4.79 Å². The van der Waals surface area contributed by atoms with Crippen molar-refractivity contribution in [2.45, 2.75) is 53.5 Å². The summed E-state index contributed by atoms with van der Waals surface area (Å²) in [5.41, 5.74) is 7.19. The first-order valence-electron chi connectivity index (χ1n) is 9.07. The Morgan fingerprint density at radius 3 is 2.38 bits per heavy atom. The van der Waals surface area contributed by atoms with Crippen molar-refractivity contribution in [2.24, 2.45) is 0 Å². The quantitative estimate of drug-likeness (QED) is 0.825. The molecule has 3 rings (SSSR count). The Bertz CT molecular complexity index is 751. The van der Waals surface area contributed by atoms with Crippen LogP contribution < -0.4 is 0 Å². The molecule has 0 atom stereocenters. The van der Waals surface area contributed by atoms with Gasteiger partial charge >= 0.3 is 0 Å². The lowest BCUT2D eigenvalue weighted by atomic mass is 10.1. The maximum atomic E-state index is 13.2. The lowest BCUT2D eigenvalue weighted by molar-refractivity contribution is 0.0781. The first-order chi connectivity index (χ1) is 11.5. The Morgan fingerprint density at radius 2 is 1.75 bits per heavy atom. The smallest absolute Gasteiger partial charge is 0.270 e. The fourth-order valence-corrected chi connectivity index (χ4v) is 3.97. The molecule has 1 saturated heterocycles. The SMILES string of the molecule is CCc1c(C)c(C(=O)N2CCCC2)n(Cc2ccccc2C)c1C. The summed E-state index contributed by atoms with van der Waals surface area (Å²) in [5.74, 6) is 0.210. The largest absolute Gasteiger partial charge is 0.337 e. The minimum absolute atomic E-state index is 0.210. The van der Waals surface area contributed by atoms with Gasteiger partial charge in [0.1, 0.15) is 5.69 Å². The lowest BCUT2D eigenvalue weighted by Crippen LogP contribution is -2.30. The maximum Gasteiger partial charge on any atom is 0.270 e. The number of aromatic nitrogens is 1. The van der Waals surface area contributed by atoms with Gasteiger partial charge in [0.25, 0.3) is 5.91 Å². The van der Waals surface area contributed by atoms with Crippen LogP contribution in [0.1, 0.15) is 58.2 Å². The van der Waals surface area contributed by atoms with Gasteiger partial charge in [-0.1, -0.05) is 31.2 Å². The van der Waals surface area contributed by atoms with Crippen LogP contribution in [-0.2, 0) is 13.0 Å². The Hall–Kier alpha value is -2.03. The topological polar surface area (TPSA) is 25.2 Å². The van der Waals surface area contributed by atoms with Gasteiger partial charge in [0.2, 0.25) is 0 Å². The van der Waals surface area contributed by atoms with Crippen molar-refractivity contribution in [1.82, 2.24) is 9.47 Å². The molecule has 1 aliphatic rings. The molecular formula is C21H28N2O. The molecule has 0 unspecified atom stereocenters. The third kappa shape index (κ3) is 2.88. The molecule has 1 aromatic heterocycles. The summed E-state index contributed by atoms with van der Waals surface area (Å²) >= 11 is 0. The highest BCUT2D eigenvalue weighted by Gasteiger charge is 2.27. The molecule has 0 saturated carbocycles. The van der Waals surface area contributed by atoms with Crippen LogP contribution in [0.5, 0.6) is 0 Å². The molecule has 1 aromatic carbocycles. The molecular weight excluding hydrogens is 296 g/mol. The van der Waals surface area contributed by atoms with Gasteiger partial charge in [0.15, 0.2) is 0 Å². The molecule has 1 aliphatic heterocycles. The van der Waals surface area contributed by atoms with Crippen molar-refractivity contribution in [2.75, 3.05) is 13.1 Å². The fourth-order valence-electron chi connectivity index (χ4n) is 3.97. The number of carbonyl (C=O) groups is 1. The second-order valence-corrected chi connectivity index (χ2v) is 6.90. The summed E-state index contributed by atoms with van der Waals surface area (Å²) < 4.78 is 2.25. The van der Waals surface area contributed by atoms with Gasteiger partial charge in [0, 0.05) is 25.3 Å². The van der Waals surface area contributed by atoms with Crippen molar-refractivity contribution in [1.29, 1.82) is 0 Å². The predicted molar refractivity (Wildman–Crippen MR) is 98.7 cm³/mol. The third-order valence-electron chi connectivity index (χ3n) is 5.46. The minimum atomic E-state index is 0.210. The lowest BCUT2D eigenvalue weighted by Gasteiger charge is -2.19. The standard InChI is InChI=1S/C21H28N2O/c1-5-19-16(3)20(21(24)22-12-8-9-13-22)23(17(19)4)14-18-11-7-6-10-15(18)2/h6-7,10-11H,5,8-9,12-14H2,1-4H3. The van der Waals surface area contributed by atoms with Gasteiger partial charge in [-0.05, 0) is 62.3 Å². The van der Waals surface area contributed by atoms with Gasteiger partial charge < -0.3 is 9.47 Å². The summed E-state index contributed by atoms with van der Waals surface area (Å²) in [6.07, 6.45) is 3.23. The van der Waals surface area contributed by atoms with Gasteiger partial charge in [-0.3, -0.25) is 4.79 Å². The van der Waals surface area contributed by atoms with Crippen LogP contribution in [0.2, 0.25) is 0 Å². The van der Waals surface area contributed by atoms with E-state index in [1.54, 1.807) is 0 Å². The molecule has 2 heterocycles. The summed E-state index contributed by atoms with van der Waals surface area (Å²) in [7, 11) is 0. The molecule has 0 bridgehead atoms. The van der Waals surface area contributed by atoms with E-state index in [0.29, 0.717) is 0 Å². The van der Waals surface area contributed by atoms with Crippen LogP contribution in [0.3, 0.4) is 0 Å². The Kier molecular flexibility index (Phi) is 4.79. The summed E-state index contributed by atoms with van der Waals surface area (Å²) in [5, 5.41) is 0. The molecule has 0 N–H and O–H groups in total. The van der Waals surface area contributed by atoms with Crippen molar-refractivity contribution < 1.29 is 4.79 Å². The van der Waals surface area contributed by atoms with Crippen LogP contribution in [0.25, 0.3) is 0 Å². The van der Waals surface area contributed by atoms with Gasteiger partial charge in [-0.2, -0.15) is 0 Å². The number of aryl methyl sites for hydroxylation is 1. The van der Waals surface area contributed by atoms with Crippen molar-refractivity contribution in [3.63, 3.8) is 0 Å². The highest BCUT2D eigenvalue weighted by molar-refractivity contribution is 5.95. The molecule has 128 valence electrons. The Balaban J connectivity index is 2.06. The average molecular weight is 324 g/mol. The Morgan fingerprint density at radius 1 is 1.08 bits per heavy atom. The fraction of sp³-hybridized carbons (Fsp3) is 0.476. The maximum absolute atomic E-state index is 13.2. The number of carbonyl (C=O) groups excluding carboxylic acids is 1. The number of benzene rings is 1. The van der Waals surface area contributed by atoms with E-state index in [0.717, 1.165) is 44.6 Å². The normalized spacial score (nSPS) is 14.4. The zero-order chi connectivity index (χ0) is 17.3. The Labute approximate surface area is 145 Å². The summed E-state index contributed by atoms with van der Waals surface area (Å²) in [6, 6.07) is 8.46. The van der Waals surface area contributed by atoms with Crippen LogP contribution in [0.4, 0.5) is 0 Å². The van der Waals surface area contributed by atoms with E-state index in [2.05, 4.69) is 56.5 Å². The van der Waals surface area contributed by atoms with E-state index >= 15 is 0 Å². The highest BCUT2D eigenvalue weighted by Crippen LogP contribution is 2.27. The zero-order valence-corrected chi connectivity index (χ0v) is 15.4. The monoisotopic (exact) mass is 324 g/mol. The number of nitrogens with zero attached hydrogens (tertiary/aromatic N) is 2. The molecule has 3 nitrogen and oxygen atoms in total. The number of hydrogen-bond donors (Lipinski definition) is 0. The number of amides is 1. The van der Waals surface area contributed by atoms with Gasteiger partial charge in [0.05, 0.1) is 0 Å². The summed E-state index contributed by atoms with van der Waals surface area (Å²) in [4.78, 5) is 15.2. The van der Waals surface area contributed by atoms with Crippen LogP contribution in [0.15, 0.2) is 24.3 Å². The van der Waals surface area contributed by atoms with Crippen molar-refractivity contribution in [3.05, 3.63) is 57.9 Å². The van der Waals surface area contributed by atoms with E-state index in [4.69, 9.17) is 0 Å². The first-order valence-corrected chi connectivity index (χ1v) is 9.07. The average Bonchev–Trinajstić information content (AvgIpc) is 3.17. The van der Waals surface area contributed by atoms with Crippen LogP contribution >= 0.6 is 0 Å². The molecule has 1 fully saturated rings. The van der Waals surface area contributed by atoms with E-state index < -0.39 is 0 Å². The van der Waals surface area contributed by atoms with Crippen LogP contribution in [-0.4, -0.2) is 28.5 Å². The van der Waals surface area contributed by atoms with E-state index in [1.165, 1.54) is 27.9 Å². The second-order valence-electron chi connectivity index (χ2n) is 6.90. The molecule has 1 amide bonds. The summed E-state index contributed by atoms with van der Waals surface area (Å²) in [6.45, 7) is 11.2. The van der Waals surface area contributed by atoms with E-state index in [1.807, 2.05) is 4.90 Å². The number of hydrogen-bond acceptors (Lipinski definition) is 1. The van der Waals surface area contributed by atoms with E-state index in [-0.39, 0.29) is 5.91 Å². The molecule has 0 aliphatic carbocycles. The van der Waals surface area contributed by atoms with Crippen molar-refractivity contribution >= 4 is 5.91 Å². The number of rotatable bonds is 4.